The van der Waals surface area contributed by atoms with Gasteiger partial charge in [-0.05, 0) is 11.6 Å². The molecule has 21 heavy (non-hydrogen) atoms. The molecule has 1 aromatic carbocycles. The summed E-state index contributed by atoms with van der Waals surface area (Å²) in [4.78, 5) is 11.8. The number of fused-ring (bicyclic) bond motifs is 1. The molecule has 4 N–H and O–H groups in total. The summed E-state index contributed by atoms with van der Waals surface area (Å²) >= 11 is 0. The van der Waals surface area contributed by atoms with Gasteiger partial charge in [-0.1, -0.05) is 18.2 Å². The Hall–Kier alpha value is -1.89. The van der Waals surface area contributed by atoms with Crippen LogP contribution in [0.15, 0.2) is 30.5 Å². The van der Waals surface area contributed by atoms with E-state index in [1.54, 1.807) is 0 Å². The molecule has 1 aromatic heterocycles. The van der Waals surface area contributed by atoms with Crippen LogP contribution < -0.4 is 5.73 Å². The Labute approximate surface area is 122 Å². The fourth-order valence-corrected chi connectivity index (χ4v) is 2.25. The van der Waals surface area contributed by atoms with Crippen LogP contribution in [0.1, 0.15) is 5.56 Å². The monoisotopic (exact) mass is 292 g/mol. The smallest absolute Gasteiger partial charge is 0.323 e. The van der Waals surface area contributed by atoms with Gasteiger partial charge in [-0.3, -0.25) is 4.79 Å². The Morgan fingerprint density at radius 3 is 2.86 bits per heavy atom. The normalized spacial score (nSPS) is 14.1. The third kappa shape index (κ3) is 3.60. The van der Waals surface area contributed by atoms with Crippen LogP contribution in [0.2, 0.25) is 0 Å². The average molecular weight is 292 g/mol. The summed E-state index contributed by atoms with van der Waals surface area (Å²) in [5, 5.41) is 18.9. The second-order valence-corrected chi connectivity index (χ2v) is 5.06. The highest BCUT2D eigenvalue weighted by Gasteiger charge is 2.19. The van der Waals surface area contributed by atoms with Crippen molar-refractivity contribution in [3.8, 4) is 0 Å². The molecule has 0 aliphatic heterocycles. The molecular weight excluding hydrogens is 272 g/mol. The highest BCUT2D eigenvalue weighted by Crippen LogP contribution is 2.21. The van der Waals surface area contributed by atoms with E-state index in [0.29, 0.717) is 6.42 Å². The highest BCUT2D eigenvalue weighted by atomic mass is 16.5. The minimum atomic E-state index is -1.07. The van der Waals surface area contributed by atoms with E-state index >= 15 is 0 Å². The number of para-hydroxylation sites is 1. The fraction of sp³-hybridized carbons (Fsp3) is 0.400. The number of benzene rings is 1. The number of hydrogen-bond acceptors (Lipinski definition) is 5. The minimum absolute atomic E-state index is 0.251. The van der Waals surface area contributed by atoms with E-state index in [-0.39, 0.29) is 6.61 Å². The van der Waals surface area contributed by atoms with Crippen molar-refractivity contribution in [2.24, 2.45) is 12.8 Å². The van der Waals surface area contributed by atoms with Gasteiger partial charge < -0.3 is 25.3 Å². The first-order valence-electron chi connectivity index (χ1n) is 6.77. The Bertz CT molecular complexity index is 623. The molecule has 6 nitrogen and oxygen atoms in total. The Morgan fingerprint density at radius 2 is 2.14 bits per heavy atom. The Kier molecular flexibility index (Phi) is 4.95. The van der Waals surface area contributed by atoms with Crippen LogP contribution in [0.4, 0.5) is 0 Å². The quantitative estimate of drug-likeness (QED) is 0.648. The SMILES string of the molecule is Cn1cc(C[C@@H](N)C(=O)OCC(O)CO)c2ccccc21. The molecule has 2 atom stereocenters. The Morgan fingerprint density at radius 1 is 1.43 bits per heavy atom. The van der Waals surface area contributed by atoms with E-state index in [0.717, 1.165) is 16.5 Å². The van der Waals surface area contributed by atoms with Crippen LogP contribution in [0, 0.1) is 0 Å². The third-order valence-corrected chi connectivity index (χ3v) is 3.35. The molecule has 2 rings (SSSR count). The van der Waals surface area contributed by atoms with E-state index in [1.807, 2.05) is 42.1 Å². The van der Waals surface area contributed by atoms with Crippen molar-refractivity contribution in [3.63, 3.8) is 0 Å². The van der Waals surface area contributed by atoms with Gasteiger partial charge in [0.05, 0.1) is 6.61 Å². The van der Waals surface area contributed by atoms with Gasteiger partial charge in [0, 0.05) is 30.6 Å². The molecule has 0 radical (unpaired) electrons. The first kappa shape index (κ1) is 15.5. The van der Waals surface area contributed by atoms with Crippen LogP contribution >= 0.6 is 0 Å². The van der Waals surface area contributed by atoms with Crippen molar-refractivity contribution in [3.05, 3.63) is 36.0 Å². The number of hydrogen-bond donors (Lipinski definition) is 3. The topological polar surface area (TPSA) is 97.7 Å². The first-order valence-corrected chi connectivity index (χ1v) is 6.77. The van der Waals surface area contributed by atoms with E-state index in [9.17, 15) is 4.79 Å². The molecule has 6 heteroatoms. The molecule has 0 spiro atoms. The number of nitrogens with two attached hydrogens (primary N) is 1. The van der Waals surface area contributed by atoms with Crippen LogP contribution in [-0.4, -0.2) is 46.1 Å². The molecule has 0 fully saturated rings. The summed E-state index contributed by atoms with van der Waals surface area (Å²) in [6, 6.07) is 7.07. The molecule has 0 aliphatic rings. The molecule has 0 saturated heterocycles. The van der Waals surface area contributed by atoms with Crippen molar-refractivity contribution in [2.75, 3.05) is 13.2 Å². The minimum Gasteiger partial charge on any atom is -0.462 e. The Balaban J connectivity index is 2.04. The largest absolute Gasteiger partial charge is 0.462 e. The number of rotatable bonds is 6. The van der Waals surface area contributed by atoms with E-state index in [2.05, 4.69) is 0 Å². The summed E-state index contributed by atoms with van der Waals surface area (Å²) in [6.45, 7) is -0.704. The van der Waals surface area contributed by atoms with E-state index < -0.39 is 24.7 Å². The van der Waals surface area contributed by atoms with Gasteiger partial charge >= 0.3 is 5.97 Å². The summed E-state index contributed by atoms with van der Waals surface area (Å²) in [7, 11) is 1.94. The zero-order valence-corrected chi connectivity index (χ0v) is 11.9. The van der Waals surface area contributed by atoms with Crippen molar-refractivity contribution >= 4 is 16.9 Å². The molecule has 1 heterocycles. The summed E-state index contributed by atoms with van der Waals surface area (Å²) in [5.74, 6) is -0.588. The lowest BCUT2D eigenvalue weighted by atomic mass is 10.1. The molecule has 0 amide bonds. The highest BCUT2D eigenvalue weighted by molar-refractivity contribution is 5.85. The van der Waals surface area contributed by atoms with Gasteiger partial charge in [-0.2, -0.15) is 0 Å². The van der Waals surface area contributed by atoms with Gasteiger partial charge in [0.2, 0.25) is 0 Å². The van der Waals surface area contributed by atoms with Crippen molar-refractivity contribution < 1.29 is 19.7 Å². The first-order chi connectivity index (χ1) is 10.0. The number of ether oxygens (including phenoxy) is 1. The van der Waals surface area contributed by atoms with Crippen molar-refractivity contribution in [1.29, 1.82) is 0 Å². The molecule has 1 unspecified atom stereocenters. The second-order valence-electron chi connectivity index (χ2n) is 5.06. The molecule has 0 bridgehead atoms. The number of nitrogens with zero attached hydrogens (tertiary/aromatic N) is 1. The lowest BCUT2D eigenvalue weighted by Gasteiger charge is -2.13. The number of aliphatic hydroxyl groups is 2. The van der Waals surface area contributed by atoms with Gasteiger partial charge in [-0.15, -0.1) is 0 Å². The maximum Gasteiger partial charge on any atom is 0.323 e. The lowest BCUT2D eigenvalue weighted by molar-refractivity contribution is -0.148. The summed E-state index contributed by atoms with van der Waals surface area (Å²) in [6.07, 6.45) is 1.23. The van der Waals surface area contributed by atoms with Gasteiger partial charge in [0.25, 0.3) is 0 Å². The van der Waals surface area contributed by atoms with Gasteiger partial charge in [0.15, 0.2) is 0 Å². The van der Waals surface area contributed by atoms with Crippen LogP contribution in [0.25, 0.3) is 10.9 Å². The summed E-state index contributed by atoms with van der Waals surface area (Å²) in [5.41, 5.74) is 7.89. The van der Waals surface area contributed by atoms with E-state index in [1.165, 1.54) is 0 Å². The maximum absolute atomic E-state index is 11.8. The number of esters is 1. The molecule has 114 valence electrons. The average Bonchev–Trinajstić information content (AvgIpc) is 2.81. The second kappa shape index (κ2) is 6.71. The number of aryl methyl sites for hydroxylation is 1. The standard InChI is InChI=1S/C15H20N2O4/c1-17-7-10(12-4-2-3-5-14(12)17)6-13(16)15(20)21-9-11(19)8-18/h2-5,7,11,13,18-19H,6,8-9,16H2,1H3/t11?,13-/m1/s1. The number of carbonyl (C=O) groups excluding carboxylic acids is 1. The van der Waals surface area contributed by atoms with Crippen LogP contribution in [0.3, 0.4) is 0 Å². The fourth-order valence-electron chi connectivity index (χ4n) is 2.25. The van der Waals surface area contributed by atoms with Crippen molar-refractivity contribution in [1.82, 2.24) is 4.57 Å². The van der Waals surface area contributed by atoms with Crippen molar-refractivity contribution in [2.45, 2.75) is 18.6 Å². The molecule has 0 aliphatic carbocycles. The van der Waals surface area contributed by atoms with E-state index in [4.69, 9.17) is 20.7 Å². The summed E-state index contributed by atoms with van der Waals surface area (Å²) < 4.78 is 6.85. The molecular formula is C15H20N2O4. The predicted octanol–water partition coefficient (Wildman–Crippen LogP) is -0.0555. The van der Waals surface area contributed by atoms with Crippen LogP contribution in [-0.2, 0) is 23.0 Å². The lowest BCUT2D eigenvalue weighted by Crippen LogP contribution is -2.36. The molecule has 0 saturated carbocycles. The zero-order chi connectivity index (χ0) is 15.4. The maximum atomic E-state index is 11.8. The number of carbonyl (C=O) groups is 1. The number of aromatic nitrogens is 1. The zero-order valence-electron chi connectivity index (χ0n) is 11.9. The van der Waals surface area contributed by atoms with Crippen LogP contribution in [0.5, 0.6) is 0 Å². The number of aliphatic hydroxyl groups excluding tert-OH is 2. The third-order valence-electron chi connectivity index (χ3n) is 3.35. The van der Waals surface area contributed by atoms with Gasteiger partial charge in [0.1, 0.15) is 18.8 Å². The molecule has 2 aromatic rings. The van der Waals surface area contributed by atoms with Gasteiger partial charge in [-0.25, -0.2) is 0 Å². The predicted molar refractivity (Wildman–Crippen MR) is 78.7 cm³/mol.